The van der Waals surface area contributed by atoms with Crippen LogP contribution in [-0.2, 0) is 0 Å². The first-order valence-corrected chi connectivity index (χ1v) is 6.75. The lowest BCUT2D eigenvalue weighted by molar-refractivity contribution is 1.45. The highest BCUT2D eigenvalue weighted by atomic mass is 14.7. The van der Waals surface area contributed by atoms with Crippen LogP contribution in [0, 0.1) is 22.7 Å². The first-order chi connectivity index (χ1) is 10.8. The van der Waals surface area contributed by atoms with Gasteiger partial charge in [-0.3, -0.25) is 0 Å². The van der Waals surface area contributed by atoms with Crippen molar-refractivity contribution in [2.24, 2.45) is 0 Å². The van der Waals surface area contributed by atoms with E-state index in [0.29, 0.717) is 11.1 Å². The second kappa shape index (κ2) is 5.87. The van der Waals surface area contributed by atoms with Crippen LogP contribution in [0.4, 0.5) is 0 Å². The number of hydrogen-bond acceptors (Lipinski definition) is 2. The lowest BCUT2D eigenvalue weighted by Gasteiger charge is -1.88. The van der Waals surface area contributed by atoms with Gasteiger partial charge in [0.2, 0.25) is 0 Å². The highest BCUT2D eigenvalue weighted by Gasteiger charge is 1.98. The number of benzene rings is 2. The SMILES string of the molecule is N#Cc1c[nH]c2ccccc12.N#Cc1ccc2[nH]ccc2c1. The van der Waals surface area contributed by atoms with Crippen LogP contribution >= 0.6 is 0 Å². The molecule has 4 heteroatoms. The summed E-state index contributed by atoms with van der Waals surface area (Å²) in [6, 6.07) is 19.5. The fourth-order valence-corrected chi connectivity index (χ4v) is 2.29. The molecule has 0 atom stereocenters. The summed E-state index contributed by atoms with van der Waals surface area (Å²) in [6.07, 6.45) is 3.59. The standard InChI is InChI=1S/2C9H6N2/c10-6-7-1-2-9-8(5-7)3-4-11-9;10-5-7-6-11-9-4-2-1-3-8(7)9/h1-5,11H;1-4,6,11H. The van der Waals surface area contributed by atoms with Gasteiger partial charge in [0.25, 0.3) is 0 Å². The minimum Gasteiger partial charge on any atom is -0.361 e. The fraction of sp³-hybridized carbons (Fsp3) is 0. The molecular weight excluding hydrogens is 272 g/mol. The lowest BCUT2D eigenvalue weighted by atomic mass is 10.2. The van der Waals surface area contributed by atoms with Gasteiger partial charge in [-0.1, -0.05) is 18.2 Å². The van der Waals surface area contributed by atoms with E-state index in [2.05, 4.69) is 22.1 Å². The van der Waals surface area contributed by atoms with Crippen molar-refractivity contribution in [3.63, 3.8) is 0 Å². The number of rotatable bonds is 0. The number of hydrogen-bond donors (Lipinski definition) is 2. The molecular formula is C18H12N4. The largest absolute Gasteiger partial charge is 0.361 e. The molecule has 0 aliphatic heterocycles. The zero-order valence-electron chi connectivity index (χ0n) is 11.7. The Morgan fingerprint density at radius 1 is 0.818 bits per heavy atom. The van der Waals surface area contributed by atoms with Crippen LogP contribution in [0.3, 0.4) is 0 Å². The van der Waals surface area contributed by atoms with E-state index >= 15 is 0 Å². The van der Waals surface area contributed by atoms with Gasteiger partial charge in [0.15, 0.2) is 0 Å². The summed E-state index contributed by atoms with van der Waals surface area (Å²) in [5.41, 5.74) is 3.51. The summed E-state index contributed by atoms with van der Waals surface area (Å²) in [5.74, 6) is 0. The summed E-state index contributed by atoms with van der Waals surface area (Å²) in [7, 11) is 0. The summed E-state index contributed by atoms with van der Waals surface area (Å²) >= 11 is 0. The van der Waals surface area contributed by atoms with Crippen LogP contribution in [-0.4, -0.2) is 9.97 Å². The van der Waals surface area contributed by atoms with Crippen molar-refractivity contribution < 1.29 is 0 Å². The maximum absolute atomic E-state index is 8.65. The summed E-state index contributed by atoms with van der Waals surface area (Å²) in [4.78, 5) is 6.08. The van der Waals surface area contributed by atoms with E-state index in [0.717, 1.165) is 21.8 Å². The zero-order valence-corrected chi connectivity index (χ0v) is 11.7. The molecule has 4 rings (SSSR count). The molecule has 22 heavy (non-hydrogen) atoms. The van der Waals surface area contributed by atoms with Gasteiger partial charge < -0.3 is 9.97 Å². The molecule has 2 aromatic carbocycles. The Morgan fingerprint density at radius 3 is 2.50 bits per heavy atom. The van der Waals surface area contributed by atoms with Crippen molar-refractivity contribution in [3.05, 3.63) is 72.1 Å². The third-order valence-corrected chi connectivity index (χ3v) is 3.39. The van der Waals surface area contributed by atoms with Crippen molar-refractivity contribution in [1.82, 2.24) is 9.97 Å². The molecule has 2 aromatic heterocycles. The predicted molar refractivity (Wildman–Crippen MR) is 86.0 cm³/mol. The van der Waals surface area contributed by atoms with Crippen molar-refractivity contribution >= 4 is 21.8 Å². The summed E-state index contributed by atoms with van der Waals surface area (Å²) in [5, 5.41) is 19.3. The van der Waals surface area contributed by atoms with Gasteiger partial charge in [-0.25, -0.2) is 0 Å². The number of aromatic amines is 2. The summed E-state index contributed by atoms with van der Waals surface area (Å²) in [6.45, 7) is 0. The van der Waals surface area contributed by atoms with Crippen molar-refractivity contribution in [2.75, 3.05) is 0 Å². The van der Waals surface area contributed by atoms with Gasteiger partial charge in [0, 0.05) is 34.2 Å². The number of nitrogens with zero attached hydrogens (tertiary/aromatic N) is 2. The van der Waals surface area contributed by atoms with Crippen molar-refractivity contribution in [1.29, 1.82) is 10.5 Å². The number of para-hydroxylation sites is 1. The minimum atomic E-state index is 0.706. The average molecular weight is 284 g/mol. The molecule has 104 valence electrons. The molecule has 2 heterocycles. The average Bonchev–Trinajstić information content (AvgIpc) is 3.21. The molecule has 0 radical (unpaired) electrons. The topological polar surface area (TPSA) is 79.2 Å². The zero-order chi connectivity index (χ0) is 15.4. The van der Waals surface area contributed by atoms with E-state index in [4.69, 9.17) is 10.5 Å². The summed E-state index contributed by atoms with van der Waals surface area (Å²) < 4.78 is 0. The second-order valence-corrected chi connectivity index (χ2v) is 4.75. The molecule has 0 aliphatic carbocycles. The third kappa shape index (κ3) is 2.54. The molecule has 2 N–H and O–H groups in total. The Morgan fingerprint density at radius 2 is 1.68 bits per heavy atom. The monoisotopic (exact) mass is 284 g/mol. The molecule has 0 bridgehead atoms. The third-order valence-electron chi connectivity index (χ3n) is 3.39. The van der Waals surface area contributed by atoms with Gasteiger partial charge in [0.1, 0.15) is 6.07 Å². The highest BCUT2D eigenvalue weighted by molar-refractivity contribution is 5.85. The fourth-order valence-electron chi connectivity index (χ4n) is 2.29. The lowest BCUT2D eigenvalue weighted by Crippen LogP contribution is -1.71. The first-order valence-electron chi connectivity index (χ1n) is 6.75. The maximum Gasteiger partial charge on any atom is 0.101 e. The van der Waals surface area contributed by atoms with E-state index in [-0.39, 0.29) is 0 Å². The molecule has 0 saturated carbocycles. The number of nitriles is 2. The van der Waals surface area contributed by atoms with Crippen LogP contribution in [0.15, 0.2) is 60.9 Å². The van der Waals surface area contributed by atoms with Crippen LogP contribution in [0.5, 0.6) is 0 Å². The van der Waals surface area contributed by atoms with Crippen LogP contribution < -0.4 is 0 Å². The smallest absolute Gasteiger partial charge is 0.101 e. The van der Waals surface area contributed by atoms with E-state index in [1.54, 1.807) is 12.3 Å². The number of H-pyrrole nitrogens is 2. The van der Waals surface area contributed by atoms with Gasteiger partial charge in [-0.2, -0.15) is 10.5 Å². The van der Waals surface area contributed by atoms with Crippen LogP contribution in [0.2, 0.25) is 0 Å². The Labute approximate surface area is 127 Å². The first kappa shape index (κ1) is 13.5. The number of nitrogens with one attached hydrogen (secondary N) is 2. The van der Waals surface area contributed by atoms with Gasteiger partial charge in [-0.15, -0.1) is 0 Å². The normalized spacial score (nSPS) is 9.73. The van der Waals surface area contributed by atoms with Crippen LogP contribution in [0.25, 0.3) is 21.8 Å². The van der Waals surface area contributed by atoms with Crippen molar-refractivity contribution in [3.8, 4) is 12.1 Å². The second-order valence-electron chi connectivity index (χ2n) is 4.75. The van der Waals surface area contributed by atoms with Gasteiger partial charge in [-0.05, 0) is 30.3 Å². The quantitative estimate of drug-likeness (QED) is 0.510. The van der Waals surface area contributed by atoms with E-state index in [1.165, 1.54) is 0 Å². The van der Waals surface area contributed by atoms with E-state index in [9.17, 15) is 0 Å². The number of fused-ring (bicyclic) bond motifs is 2. The molecule has 4 nitrogen and oxygen atoms in total. The molecule has 0 aliphatic rings. The van der Waals surface area contributed by atoms with E-state index < -0.39 is 0 Å². The molecule has 4 aromatic rings. The molecule has 0 unspecified atom stereocenters. The van der Waals surface area contributed by atoms with Gasteiger partial charge in [0.05, 0.1) is 17.2 Å². The minimum absolute atomic E-state index is 0.706. The van der Waals surface area contributed by atoms with E-state index in [1.807, 2.05) is 48.7 Å². The Hall–Kier alpha value is -3.50. The van der Waals surface area contributed by atoms with Crippen molar-refractivity contribution in [2.45, 2.75) is 0 Å². The Balaban J connectivity index is 0.000000131. The maximum atomic E-state index is 8.65. The molecule has 0 fully saturated rings. The highest BCUT2D eigenvalue weighted by Crippen LogP contribution is 2.15. The molecule has 0 saturated heterocycles. The Bertz CT molecular complexity index is 1010. The molecule has 0 amide bonds. The van der Waals surface area contributed by atoms with Gasteiger partial charge >= 0.3 is 0 Å². The predicted octanol–water partition coefficient (Wildman–Crippen LogP) is 4.08. The Kier molecular flexibility index (Phi) is 3.59. The number of aromatic nitrogens is 2. The molecule has 0 spiro atoms. The van der Waals surface area contributed by atoms with Crippen LogP contribution in [0.1, 0.15) is 11.1 Å².